The van der Waals surface area contributed by atoms with Gasteiger partial charge < -0.3 is 14.4 Å². The van der Waals surface area contributed by atoms with E-state index in [4.69, 9.17) is 21.1 Å². The number of anilines is 1. The zero-order valence-corrected chi connectivity index (χ0v) is 17.8. The fourth-order valence-electron chi connectivity index (χ4n) is 4.12. The van der Waals surface area contributed by atoms with Crippen LogP contribution in [-0.2, 0) is 0 Å². The Morgan fingerprint density at radius 1 is 1.21 bits per heavy atom. The molecule has 0 unspecified atom stereocenters. The van der Waals surface area contributed by atoms with Crippen LogP contribution < -0.4 is 14.4 Å². The minimum Gasteiger partial charge on any atom is -0.491 e. The number of hydrogen-bond donors (Lipinski definition) is 1. The van der Waals surface area contributed by atoms with Gasteiger partial charge in [-0.25, -0.2) is 0 Å². The quantitative estimate of drug-likeness (QED) is 0.498. The Bertz CT molecular complexity index is 964. The molecule has 1 fully saturated rings. The number of methoxy groups -OCH3 is 1. The Kier molecular flexibility index (Phi) is 6.14. The van der Waals surface area contributed by atoms with Gasteiger partial charge in [0.15, 0.2) is 11.5 Å². The number of benzene rings is 2. The SMILES string of the molecule is CCCCOc1cccc(N2CCC(c3[nH]nc4cc(Cl)ccc34)CC2)c1OC. The molecule has 1 N–H and O–H groups in total. The molecule has 1 saturated heterocycles. The van der Waals surface area contributed by atoms with E-state index in [0.29, 0.717) is 5.92 Å². The zero-order chi connectivity index (χ0) is 20.2. The maximum Gasteiger partial charge on any atom is 0.184 e. The molecule has 0 atom stereocenters. The summed E-state index contributed by atoms with van der Waals surface area (Å²) in [4.78, 5) is 2.40. The number of nitrogens with zero attached hydrogens (tertiary/aromatic N) is 2. The second kappa shape index (κ2) is 8.95. The first-order valence-corrected chi connectivity index (χ1v) is 10.8. The van der Waals surface area contributed by atoms with Crippen LogP contribution in [0.1, 0.15) is 44.2 Å². The number of aromatic nitrogens is 2. The molecule has 5 nitrogen and oxygen atoms in total. The minimum atomic E-state index is 0.465. The summed E-state index contributed by atoms with van der Waals surface area (Å²) in [6, 6.07) is 12.1. The van der Waals surface area contributed by atoms with Gasteiger partial charge in [-0.1, -0.05) is 31.0 Å². The van der Waals surface area contributed by atoms with Crippen molar-refractivity contribution < 1.29 is 9.47 Å². The smallest absolute Gasteiger partial charge is 0.184 e. The lowest BCUT2D eigenvalue weighted by molar-refractivity contribution is 0.288. The highest BCUT2D eigenvalue weighted by Gasteiger charge is 2.26. The number of rotatable bonds is 7. The van der Waals surface area contributed by atoms with Gasteiger partial charge in [0.25, 0.3) is 0 Å². The number of fused-ring (bicyclic) bond motifs is 1. The standard InChI is InChI=1S/C23H28ClN3O2/c1-3-4-14-29-21-7-5-6-20(23(21)28-2)27-12-10-16(11-13-27)22-18-9-8-17(24)15-19(18)25-26-22/h5-9,15-16H,3-4,10-14H2,1-2H3,(H,25,26). The van der Waals surface area contributed by atoms with Crippen LogP contribution in [0, 0.1) is 0 Å². The van der Waals surface area contributed by atoms with E-state index in [0.717, 1.165) is 73.1 Å². The molecule has 0 amide bonds. The summed E-state index contributed by atoms with van der Waals surface area (Å²) in [5, 5.41) is 9.60. The van der Waals surface area contributed by atoms with Gasteiger partial charge in [-0.3, -0.25) is 5.10 Å². The van der Waals surface area contributed by atoms with E-state index >= 15 is 0 Å². The van der Waals surface area contributed by atoms with Crippen LogP contribution in [0.3, 0.4) is 0 Å². The molecule has 1 aliphatic rings. The summed E-state index contributed by atoms with van der Waals surface area (Å²) in [5.41, 5.74) is 3.27. The van der Waals surface area contributed by atoms with Gasteiger partial charge in [-0.05, 0) is 49.6 Å². The molecule has 0 aliphatic carbocycles. The summed E-state index contributed by atoms with van der Waals surface area (Å²) in [5.74, 6) is 2.13. The molecular formula is C23H28ClN3O2. The van der Waals surface area contributed by atoms with Crippen molar-refractivity contribution in [2.45, 2.75) is 38.5 Å². The molecule has 3 aromatic rings. The number of hydrogen-bond acceptors (Lipinski definition) is 4. The molecule has 0 radical (unpaired) electrons. The Balaban J connectivity index is 1.48. The highest BCUT2D eigenvalue weighted by atomic mass is 35.5. The number of nitrogens with one attached hydrogen (secondary N) is 1. The third-order valence-corrected chi connectivity index (χ3v) is 5.94. The summed E-state index contributed by atoms with van der Waals surface area (Å²) in [7, 11) is 1.72. The predicted octanol–water partition coefficient (Wildman–Crippen LogP) is 5.79. The molecule has 2 heterocycles. The molecule has 4 rings (SSSR count). The maximum atomic E-state index is 6.10. The molecule has 6 heteroatoms. The van der Waals surface area contributed by atoms with Gasteiger partial charge in [0.1, 0.15) is 0 Å². The van der Waals surface area contributed by atoms with Crippen LogP contribution in [0.5, 0.6) is 11.5 Å². The summed E-state index contributed by atoms with van der Waals surface area (Å²) in [6.45, 7) is 4.81. The molecule has 0 spiro atoms. The Morgan fingerprint density at radius 2 is 2.03 bits per heavy atom. The number of H-pyrrole nitrogens is 1. The Hall–Kier alpha value is -2.40. The number of ether oxygens (including phenoxy) is 2. The van der Waals surface area contributed by atoms with Crippen molar-refractivity contribution in [1.82, 2.24) is 10.2 Å². The number of aromatic amines is 1. The number of piperidine rings is 1. The van der Waals surface area contributed by atoms with Gasteiger partial charge in [-0.2, -0.15) is 5.10 Å². The normalized spacial score (nSPS) is 15.1. The third-order valence-electron chi connectivity index (χ3n) is 5.71. The van der Waals surface area contributed by atoms with E-state index in [1.54, 1.807) is 7.11 Å². The van der Waals surface area contributed by atoms with E-state index in [9.17, 15) is 0 Å². The predicted molar refractivity (Wildman–Crippen MR) is 119 cm³/mol. The van der Waals surface area contributed by atoms with Crippen LogP contribution in [-0.4, -0.2) is 37.0 Å². The molecule has 2 aromatic carbocycles. The average molecular weight is 414 g/mol. The summed E-state index contributed by atoms with van der Waals surface area (Å²) in [6.07, 6.45) is 4.28. The number of para-hydroxylation sites is 1. The van der Waals surface area contributed by atoms with Crippen molar-refractivity contribution >= 4 is 28.2 Å². The van der Waals surface area contributed by atoms with Gasteiger partial charge in [0, 0.05) is 35.1 Å². The monoisotopic (exact) mass is 413 g/mol. The highest BCUT2D eigenvalue weighted by molar-refractivity contribution is 6.31. The molecular weight excluding hydrogens is 386 g/mol. The Labute approximate surface area is 177 Å². The third kappa shape index (κ3) is 4.15. The van der Waals surface area contributed by atoms with Crippen LogP contribution in [0.25, 0.3) is 10.9 Å². The van der Waals surface area contributed by atoms with E-state index < -0.39 is 0 Å². The topological polar surface area (TPSA) is 50.4 Å². The van der Waals surface area contributed by atoms with Gasteiger partial charge in [0.2, 0.25) is 0 Å². The first-order valence-electron chi connectivity index (χ1n) is 10.4. The van der Waals surface area contributed by atoms with Crippen molar-refractivity contribution in [2.24, 2.45) is 0 Å². The van der Waals surface area contributed by atoms with Crippen LogP contribution in [0.4, 0.5) is 5.69 Å². The highest BCUT2D eigenvalue weighted by Crippen LogP contribution is 2.40. The van der Waals surface area contributed by atoms with E-state index in [-0.39, 0.29) is 0 Å². The second-order valence-electron chi connectivity index (χ2n) is 7.57. The van der Waals surface area contributed by atoms with E-state index in [2.05, 4.69) is 40.2 Å². The first-order chi connectivity index (χ1) is 14.2. The summed E-state index contributed by atoms with van der Waals surface area (Å²) < 4.78 is 11.7. The minimum absolute atomic E-state index is 0.465. The van der Waals surface area contributed by atoms with Crippen molar-refractivity contribution in [3.63, 3.8) is 0 Å². The van der Waals surface area contributed by atoms with Crippen molar-refractivity contribution in [3.05, 3.63) is 47.1 Å². The number of unbranched alkanes of at least 4 members (excludes halogenated alkanes) is 1. The fraction of sp³-hybridized carbons (Fsp3) is 0.435. The van der Waals surface area contributed by atoms with Gasteiger partial charge in [0.05, 0.1) is 24.9 Å². The molecule has 1 aromatic heterocycles. The van der Waals surface area contributed by atoms with E-state index in [1.807, 2.05) is 18.2 Å². The van der Waals surface area contributed by atoms with Gasteiger partial charge >= 0.3 is 0 Å². The lowest BCUT2D eigenvalue weighted by atomic mass is 9.91. The van der Waals surface area contributed by atoms with Crippen LogP contribution >= 0.6 is 11.6 Å². The Morgan fingerprint density at radius 3 is 2.79 bits per heavy atom. The van der Waals surface area contributed by atoms with Crippen molar-refractivity contribution in [1.29, 1.82) is 0 Å². The van der Waals surface area contributed by atoms with Crippen molar-refractivity contribution in [3.8, 4) is 11.5 Å². The molecule has 29 heavy (non-hydrogen) atoms. The lowest BCUT2D eigenvalue weighted by Crippen LogP contribution is -2.33. The second-order valence-corrected chi connectivity index (χ2v) is 8.01. The van der Waals surface area contributed by atoms with Crippen LogP contribution in [0.15, 0.2) is 36.4 Å². The lowest BCUT2D eigenvalue weighted by Gasteiger charge is -2.34. The van der Waals surface area contributed by atoms with Gasteiger partial charge in [-0.15, -0.1) is 0 Å². The van der Waals surface area contributed by atoms with Crippen molar-refractivity contribution in [2.75, 3.05) is 31.7 Å². The van der Waals surface area contributed by atoms with E-state index in [1.165, 1.54) is 11.1 Å². The summed E-state index contributed by atoms with van der Waals surface area (Å²) >= 11 is 6.10. The molecule has 0 bridgehead atoms. The molecule has 154 valence electrons. The largest absolute Gasteiger partial charge is 0.491 e. The fourth-order valence-corrected chi connectivity index (χ4v) is 4.29. The zero-order valence-electron chi connectivity index (χ0n) is 17.1. The molecule has 1 aliphatic heterocycles. The van der Waals surface area contributed by atoms with Crippen LogP contribution in [0.2, 0.25) is 5.02 Å². The maximum absolute atomic E-state index is 6.10. The molecule has 0 saturated carbocycles. The number of halogens is 1. The average Bonchev–Trinajstić information content (AvgIpc) is 3.17. The first kappa shape index (κ1) is 19.9.